The predicted molar refractivity (Wildman–Crippen MR) is 126 cm³/mol. The van der Waals surface area contributed by atoms with Crippen LogP contribution in [0.4, 0.5) is 0 Å². The lowest BCUT2D eigenvalue weighted by Gasteiger charge is -2.12. The van der Waals surface area contributed by atoms with Crippen LogP contribution in [0.15, 0.2) is 80.4 Å². The van der Waals surface area contributed by atoms with Crippen molar-refractivity contribution < 1.29 is 19.1 Å². The summed E-state index contributed by atoms with van der Waals surface area (Å²) in [7, 11) is 1.58. The van der Waals surface area contributed by atoms with Crippen molar-refractivity contribution >= 4 is 46.7 Å². The van der Waals surface area contributed by atoms with Crippen molar-refractivity contribution in [2.24, 2.45) is 10.2 Å². The molecule has 1 aliphatic rings. The first-order valence-corrected chi connectivity index (χ1v) is 10.7. The molecular formula is C23H18ClN3O4S. The summed E-state index contributed by atoms with van der Waals surface area (Å²) in [6.07, 6.45) is 4.69. The zero-order valence-corrected chi connectivity index (χ0v) is 18.5. The molecule has 1 N–H and O–H groups in total. The highest BCUT2D eigenvalue weighted by Gasteiger charge is 2.34. The number of rotatable bonds is 6. The first-order valence-electron chi connectivity index (χ1n) is 9.51. The molecule has 3 aromatic rings. The SMILES string of the molecule is COc1ccccc1/C=C1\S/C(=N\N=C\c2cc(Cl)ccc2O)N(Cc2ccco2)C1=O. The Kier molecular flexibility index (Phi) is 6.63. The summed E-state index contributed by atoms with van der Waals surface area (Å²) in [6, 6.07) is 15.6. The van der Waals surface area contributed by atoms with E-state index in [1.807, 2.05) is 24.3 Å². The molecule has 32 heavy (non-hydrogen) atoms. The highest BCUT2D eigenvalue weighted by atomic mass is 35.5. The molecule has 1 aliphatic heterocycles. The first-order chi connectivity index (χ1) is 15.5. The molecule has 0 aliphatic carbocycles. The fourth-order valence-electron chi connectivity index (χ4n) is 2.98. The zero-order chi connectivity index (χ0) is 22.5. The van der Waals surface area contributed by atoms with Gasteiger partial charge in [0.05, 0.1) is 31.0 Å². The summed E-state index contributed by atoms with van der Waals surface area (Å²) in [5.74, 6) is 1.07. The molecule has 0 radical (unpaired) electrons. The molecule has 0 bridgehead atoms. The predicted octanol–water partition coefficient (Wildman–Crippen LogP) is 5.15. The van der Waals surface area contributed by atoms with Gasteiger partial charge in [0.25, 0.3) is 5.91 Å². The number of amidine groups is 1. The number of carbonyl (C=O) groups excluding carboxylic acids is 1. The van der Waals surface area contributed by atoms with E-state index in [2.05, 4.69) is 10.2 Å². The lowest BCUT2D eigenvalue weighted by Crippen LogP contribution is -2.28. The van der Waals surface area contributed by atoms with Crippen molar-refractivity contribution in [1.29, 1.82) is 0 Å². The second kappa shape index (κ2) is 9.76. The van der Waals surface area contributed by atoms with E-state index in [-0.39, 0.29) is 18.2 Å². The zero-order valence-electron chi connectivity index (χ0n) is 16.9. The number of carbonyl (C=O) groups is 1. The van der Waals surface area contributed by atoms with Gasteiger partial charge in [0.2, 0.25) is 0 Å². The van der Waals surface area contributed by atoms with Crippen LogP contribution in [0.1, 0.15) is 16.9 Å². The van der Waals surface area contributed by atoms with Crippen molar-refractivity contribution in [3.8, 4) is 11.5 Å². The van der Waals surface area contributed by atoms with Gasteiger partial charge in [0, 0.05) is 16.1 Å². The Morgan fingerprint density at radius 1 is 1.19 bits per heavy atom. The summed E-state index contributed by atoms with van der Waals surface area (Å²) in [5.41, 5.74) is 1.19. The standard InChI is InChI=1S/C23H18ClN3O4S/c1-30-20-7-3-2-5-15(20)12-21-22(29)27(14-18-6-4-10-31-18)23(32-21)26-25-13-16-11-17(24)8-9-19(16)28/h2-13,28H,14H2,1H3/b21-12-,25-13+,26-23-. The Bertz CT molecular complexity index is 1220. The number of phenolic OH excluding ortho intramolecular Hbond substituents is 1. The third-order valence-electron chi connectivity index (χ3n) is 4.54. The van der Waals surface area contributed by atoms with Gasteiger partial charge in [-0.2, -0.15) is 5.10 Å². The molecule has 7 nitrogen and oxygen atoms in total. The van der Waals surface area contributed by atoms with Gasteiger partial charge in [-0.15, -0.1) is 5.10 Å². The molecule has 1 amide bonds. The Morgan fingerprint density at radius 2 is 2.03 bits per heavy atom. The van der Waals surface area contributed by atoms with E-state index in [1.165, 1.54) is 28.9 Å². The van der Waals surface area contributed by atoms with Crippen molar-refractivity contribution in [2.45, 2.75) is 6.54 Å². The smallest absolute Gasteiger partial charge is 0.267 e. The van der Waals surface area contributed by atoms with Crippen LogP contribution in [0.2, 0.25) is 5.02 Å². The van der Waals surface area contributed by atoms with E-state index in [0.29, 0.717) is 32.2 Å². The summed E-state index contributed by atoms with van der Waals surface area (Å²) >= 11 is 7.16. The molecule has 0 saturated carbocycles. The fourth-order valence-corrected chi connectivity index (χ4v) is 4.08. The number of ether oxygens (including phenoxy) is 1. The highest BCUT2D eigenvalue weighted by Crippen LogP contribution is 2.35. The molecule has 162 valence electrons. The maximum absolute atomic E-state index is 13.1. The first kappa shape index (κ1) is 21.7. The average molecular weight is 468 g/mol. The maximum Gasteiger partial charge on any atom is 0.267 e. The number of benzene rings is 2. The Morgan fingerprint density at radius 3 is 2.81 bits per heavy atom. The van der Waals surface area contributed by atoms with Crippen LogP contribution in [0.25, 0.3) is 6.08 Å². The van der Waals surface area contributed by atoms with Gasteiger partial charge in [-0.05, 0) is 54.2 Å². The summed E-state index contributed by atoms with van der Waals surface area (Å²) in [5, 5.41) is 19.1. The minimum absolute atomic E-state index is 0.0256. The molecule has 9 heteroatoms. The third-order valence-corrected chi connectivity index (χ3v) is 5.77. The number of amides is 1. The van der Waals surface area contributed by atoms with E-state index in [0.717, 1.165) is 5.56 Å². The number of aromatic hydroxyl groups is 1. The van der Waals surface area contributed by atoms with E-state index >= 15 is 0 Å². The second-order valence-electron chi connectivity index (χ2n) is 6.65. The topological polar surface area (TPSA) is 87.6 Å². The third kappa shape index (κ3) is 4.87. The number of halogens is 1. The molecule has 2 aromatic carbocycles. The fraction of sp³-hybridized carbons (Fsp3) is 0.0870. The number of phenols is 1. The van der Waals surface area contributed by atoms with Crippen LogP contribution in [-0.4, -0.2) is 34.4 Å². The number of para-hydroxylation sites is 1. The van der Waals surface area contributed by atoms with Crippen LogP contribution >= 0.6 is 23.4 Å². The van der Waals surface area contributed by atoms with Crippen LogP contribution in [0.5, 0.6) is 11.5 Å². The largest absolute Gasteiger partial charge is 0.507 e. The molecule has 1 saturated heterocycles. The van der Waals surface area contributed by atoms with Crippen molar-refractivity contribution in [1.82, 2.24) is 4.90 Å². The number of methoxy groups -OCH3 is 1. The monoisotopic (exact) mass is 467 g/mol. The normalized spacial score (nSPS) is 16.6. The second-order valence-corrected chi connectivity index (χ2v) is 8.10. The van der Waals surface area contributed by atoms with Crippen LogP contribution in [0, 0.1) is 0 Å². The minimum atomic E-state index is -0.225. The van der Waals surface area contributed by atoms with Crippen LogP contribution in [0.3, 0.4) is 0 Å². The van der Waals surface area contributed by atoms with Crippen molar-refractivity contribution in [3.05, 3.63) is 87.7 Å². The molecule has 0 unspecified atom stereocenters. The van der Waals surface area contributed by atoms with Crippen molar-refractivity contribution in [2.75, 3.05) is 7.11 Å². The van der Waals surface area contributed by atoms with Gasteiger partial charge in [-0.25, -0.2) is 0 Å². The quantitative estimate of drug-likeness (QED) is 0.307. The average Bonchev–Trinajstić information content (AvgIpc) is 3.41. The maximum atomic E-state index is 13.1. The molecule has 1 fully saturated rings. The molecule has 2 heterocycles. The van der Waals surface area contributed by atoms with E-state index in [1.54, 1.807) is 43.7 Å². The summed E-state index contributed by atoms with van der Waals surface area (Å²) in [4.78, 5) is 15.1. The number of hydrogen-bond donors (Lipinski definition) is 1. The van der Waals surface area contributed by atoms with Gasteiger partial charge < -0.3 is 14.3 Å². The number of thioether (sulfide) groups is 1. The Balaban J connectivity index is 1.66. The van der Waals surface area contributed by atoms with Crippen LogP contribution < -0.4 is 4.74 Å². The number of furan rings is 1. The number of hydrogen-bond acceptors (Lipinski definition) is 7. The van der Waals surface area contributed by atoms with Gasteiger partial charge in [-0.1, -0.05) is 29.8 Å². The Hall–Kier alpha value is -3.49. The lowest BCUT2D eigenvalue weighted by atomic mass is 10.2. The van der Waals surface area contributed by atoms with Gasteiger partial charge in [0.1, 0.15) is 17.3 Å². The van der Waals surface area contributed by atoms with E-state index < -0.39 is 0 Å². The van der Waals surface area contributed by atoms with Gasteiger partial charge >= 0.3 is 0 Å². The summed E-state index contributed by atoms with van der Waals surface area (Å²) < 4.78 is 10.8. The van der Waals surface area contributed by atoms with E-state index in [4.69, 9.17) is 20.8 Å². The van der Waals surface area contributed by atoms with Gasteiger partial charge in [-0.3, -0.25) is 9.69 Å². The minimum Gasteiger partial charge on any atom is -0.507 e. The molecule has 4 rings (SSSR count). The molecule has 0 atom stereocenters. The molecule has 1 aromatic heterocycles. The van der Waals surface area contributed by atoms with Crippen molar-refractivity contribution in [3.63, 3.8) is 0 Å². The highest BCUT2D eigenvalue weighted by molar-refractivity contribution is 8.18. The van der Waals surface area contributed by atoms with Crippen LogP contribution in [-0.2, 0) is 11.3 Å². The Labute approximate surface area is 193 Å². The molecular weight excluding hydrogens is 450 g/mol. The van der Waals surface area contributed by atoms with E-state index in [9.17, 15) is 9.90 Å². The molecule has 0 spiro atoms. The van der Waals surface area contributed by atoms with Gasteiger partial charge in [0.15, 0.2) is 5.17 Å². The number of nitrogens with zero attached hydrogens (tertiary/aromatic N) is 3. The summed E-state index contributed by atoms with van der Waals surface area (Å²) in [6.45, 7) is 0.207. The lowest BCUT2D eigenvalue weighted by molar-refractivity contribution is -0.122.